The summed E-state index contributed by atoms with van der Waals surface area (Å²) < 4.78 is 5.13. The van der Waals surface area contributed by atoms with Crippen molar-refractivity contribution < 1.29 is 19.1 Å². The number of amides is 3. The first-order chi connectivity index (χ1) is 16.9. The topological polar surface area (TPSA) is 91.0 Å². The number of anilines is 2. The van der Waals surface area contributed by atoms with Crippen LogP contribution in [-0.2, 0) is 9.59 Å². The van der Waals surface area contributed by atoms with E-state index in [-0.39, 0.29) is 11.5 Å². The number of hydrogen-bond donors (Lipinski definition) is 2. The highest BCUT2D eigenvalue weighted by Crippen LogP contribution is 2.26. The van der Waals surface area contributed by atoms with Gasteiger partial charge in [-0.2, -0.15) is 0 Å². The standard InChI is InChI=1S/C25H21ClN4O4S/c1-34-20-12-10-16(11-13-20)23(32)28-30-21(15-22(31)27-18-7-5-6-17(26)14-18)24(33)29(25(30)35)19-8-3-2-4-9-19/h2-14,21H,15H2,1H3,(H,27,31)(H,28,32). The molecule has 178 valence electrons. The van der Waals surface area contributed by atoms with Crippen molar-refractivity contribution in [3.63, 3.8) is 0 Å². The molecule has 0 aromatic heterocycles. The molecule has 1 saturated heterocycles. The lowest BCUT2D eigenvalue weighted by Gasteiger charge is -2.24. The van der Waals surface area contributed by atoms with Crippen LogP contribution in [0.15, 0.2) is 78.9 Å². The van der Waals surface area contributed by atoms with Crippen molar-refractivity contribution in [2.45, 2.75) is 12.5 Å². The second-order valence-electron chi connectivity index (χ2n) is 7.61. The molecule has 3 aromatic rings. The molecule has 0 bridgehead atoms. The maximum Gasteiger partial charge on any atom is 0.269 e. The third-order valence-electron chi connectivity index (χ3n) is 5.29. The maximum atomic E-state index is 13.4. The summed E-state index contributed by atoms with van der Waals surface area (Å²) in [6.45, 7) is 0. The van der Waals surface area contributed by atoms with E-state index in [0.29, 0.717) is 27.7 Å². The molecule has 10 heteroatoms. The van der Waals surface area contributed by atoms with Gasteiger partial charge in [0.2, 0.25) is 11.0 Å². The highest BCUT2D eigenvalue weighted by Gasteiger charge is 2.45. The zero-order valence-corrected chi connectivity index (χ0v) is 20.2. The number of rotatable bonds is 7. The lowest BCUT2D eigenvalue weighted by molar-refractivity contribution is -0.124. The largest absolute Gasteiger partial charge is 0.497 e. The van der Waals surface area contributed by atoms with E-state index in [1.165, 1.54) is 17.0 Å². The van der Waals surface area contributed by atoms with Gasteiger partial charge in [-0.15, -0.1) is 0 Å². The Morgan fingerprint density at radius 1 is 1.03 bits per heavy atom. The van der Waals surface area contributed by atoms with Gasteiger partial charge in [0.15, 0.2) is 0 Å². The van der Waals surface area contributed by atoms with E-state index in [9.17, 15) is 14.4 Å². The van der Waals surface area contributed by atoms with E-state index in [0.717, 1.165) is 0 Å². The number of carbonyl (C=O) groups excluding carboxylic acids is 3. The average Bonchev–Trinajstić information content (AvgIpc) is 3.08. The Hall–Kier alpha value is -3.95. The average molecular weight is 509 g/mol. The summed E-state index contributed by atoms with van der Waals surface area (Å²) in [5.74, 6) is -0.762. The summed E-state index contributed by atoms with van der Waals surface area (Å²) in [5.41, 5.74) is 4.05. The minimum absolute atomic E-state index is 0.0589. The molecule has 1 atom stereocenters. The number of ether oxygens (including phenoxy) is 1. The highest BCUT2D eigenvalue weighted by atomic mass is 35.5. The van der Waals surface area contributed by atoms with Crippen molar-refractivity contribution in [1.29, 1.82) is 0 Å². The van der Waals surface area contributed by atoms with Crippen LogP contribution in [0.5, 0.6) is 5.75 Å². The van der Waals surface area contributed by atoms with Gasteiger partial charge in [-0.05, 0) is 66.8 Å². The number of hydrazine groups is 1. The molecule has 1 unspecified atom stereocenters. The Bertz CT molecular complexity index is 1270. The summed E-state index contributed by atoms with van der Waals surface area (Å²) in [6.07, 6.45) is -0.252. The van der Waals surface area contributed by atoms with Gasteiger partial charge in [0, 0.05) is 16.3 Å². The highest BCUT2D eigenvalue weighted by molar-refractivity contribution is 7.80. The number of benzene rings is 3. The monoisotopic (exact) mass is 508 g/mol. The van der Waals surface area contributed by atoms with Gasteiger partial charge >= 0.3 is 0 Å². The van der Waals surface area contributed by atoms with Crippen molar-refractivity contribution in [3.8, 4) is 5.75 Å². The van der Waals surface area contributed by atoms with E-state index in [1.54, 1.807) is 72.8 Å². The van der Waals surface area contributed by atoms with E-state index in [2.05, 4.69) is 10.7 Å². The van der Waals surface area contributed by atoms with Crippen molar-refractivity contribution in [3.05, 3.63) is 89.4 Å². The van der Waals surface area contributed by atoms with Gasteiger partial charge in [-0.1, -0.05) is 35.9 Å². The Balaban J connectivity index is 1.58. The molecule has 0 radical (unpaired) electrons. The SMILES string of the molecule is COc1ccc(C(=O)NN2C(=S)N(c3ccccc3)C(=O)C2CC(=O)Nc2cccc(Cl)c2)cc1. The molecule has 0 saturated carbocycles. The number of carbonyl (C=O) groups is 3. The first-order valence-corrected chi connectivity index (χ1v) is 11.4. The van der Waals surface area contributed by atoms with E-state index in [4.69, 9.17) is 28.6 Å². The van der Waals surface area contributed by atoms with Crippen LogP contribution in [0.4, 0.5) is 11.4 Å². The third-order valence-corrected chi connectivity index (χ3v) is 5.90. The number of nitrogens with zero attached hydrogens (tertiary/aromatic N) is 2. The molecule has 3 amide bonds. The number of hydrogen-bond acceptors (Lipinski definition) is 5. The fourth-order valence-electron chi connectivity index (χ4n) is 3.58. The van der Waals surface area contributed by atoms with Crippen molar-refractivity contribution in [2.24, 2.45) is 0 Å². The van der Waals surface area contributed by atoms with Crippen LogP contribution in [-0.4, -0.2) is 41.0 Å². The molecular weight excluding hydrogens is 488 g/mol. The van der Waals surface area contributed by atoms with Gasteiger partial charge < -0.3 is 10.1 Å². The quantitative estimate of drug-likeness (QED) is 0.468. The molecule has 1 heterocycles. The molecule has 0 aliphatic carbocycles. The molecule has 1 aliphatic rings. The Morgan fingerprint density at radius 2 is 1.74 bits per heavy atom. The maximum absolute atomic E-state index is 13.4. The third kappa shape index (κ3) is 5.42. The smallest absolute Gasteiger partial charge is 0.269 e. The molecule has 8 nitrogen and oxygen atoms in total. The van der Waals surface area contributed by atoms with Gasteiger partial charge in [0.05, 0.1) is 19.2 Å². The number of para-hydroxylation sites is 1. The molecule has 2 N–H and O–H groups in total. The summed E-state index contributed by atoms with van der Waals surface area (Å²) in [4.78, 5) is 40.5. The van der Waals surface area contributed by atoms with Crippen molar-refractivity contribution in [2.75, 3.05) is 17.3 Å². The predicted octanol–water partition coefficient (Wildman–Crippen LogP) is 4.02. The zero-order chi connectivity index (χ0) is 24.9. The predicted molar refractivity (Wildman–Crippen MR) is 137 cm³/mol. The molecule has 4 rings (SSSR count). The van der Waals surface area contributed by atoms with Gasteiger partial charge in [-0.3, -0.25) is 24.7 Å². The summed E-state index contributed by atoms with van der Waals surface area (Å²) in [6, 6.07) is 20.9. The lowest BCUT2D eigenvalue weighted by Crippen LogP contribution is -2.49. The minimum Gasteiger partial charge on any atom is -0.497 e. The second-order valence-corrected chi connectivity index (χ2v) is 8.41. The van der Waals surface area contributed by atoms with Gasteiger partial charge in [0.1, 0.15) is 11.8 Å². The van der Waals surface area contributed by atoms with E-state index >= 15 is 0 Å². The zero-order valence-electron chi connectivity index (χ0n) is 18.6. The normalized spacial score (nSPS) is 15.2. The Labute approximate surface area is 212 Å². The number of halogens is 1. The molecular formula is C25H21ClN4O4S. The Morgan fingerprint density at radius 3 is 2.40 bits per heavy atom. The summed E-state index contributed by atoms with van der Waals surface area (Å²) >= 11 is 11.5. The molecule has 1 fully saturated rings. The Kier molecular flexibility index (Phi) is 7.28. The first-order valence-electron chi connectivity index (χ1n) is 10.6. The minimum atomic E-state index is -1.05. The fraction of sp³-hybridized carbons (Fsp3) is 0.120. The van der Waals surface area contributed by atoms with E-state index < -0.39 is 23.8 Å². The summed E-state index contributed by atoms with van der Waals surface area (Å²) in [7, 11) is 1.53. The second kappa shape index (κ2) is 10.5. The molecule has 35 heavy (non-hydrogen) atoms. The van der Waals surface area contributed by atoms with Crippen LogP contribution in [0, 0.1) is 0 Å². The molecule has 3 aromatic carbocycles. The van der Waals surface area contributed by atoms with Crippen LogP contribution < -0.4 is 20.4 Å². The first kappa shape index (κ1) is 24.2. The van der Waals surface area contributed by atoms with Crippen LogP contribution in [0.3, 0.4) is 0 Å². The van der Waals surface area contributed by atoms with Crippen molar-refractivity contribution >= 4 is 58.0 Å². The van der Waals surface area contributed by atoms with Gasteiger partial charge in [-0.25, -0.2) is 5.01 Å². The molecule has 1 aliphatic heterocycles. The molecule has 0 spiro atoms. The van der Waals surface area contributed by atoms with Crippen LogP contribution in [0.25, 0.3) is 0 Å². The fourth-order valence-corrected chi connectivity index (χ4v) is 4.14. The number of methoxy groups -OCH3 is 1. The van der Waals surface area contributed by atoms with E-state index in [1.807, 2.05) is 6.07 Å². The van der Waals surface area contributed by atoms with Crippen LogP contribution >= 0.6 is 23.8 Å². The number of nitrogens with one attached hydrogen (secondary N) is 2. The lowest BCUT2D eigenvalue weighted by atomic mass is 10.1. The number of thiocarbonyl (C=S) groups is 1. The summed E-state index contributed by atoms with van der Waals surface area (Å²) in [5, 5.41) is 4.51. The van der Waals surface area contributed by atoms with Crippen LogP contribution in [0.2, 0.25) is 5.02 Å². The van der Waals surface area contributed by atoms with Crippen molar-refractivity contribution in [1.82, 2.24) is 10.4 Å². The van der Waals surface area contributed by atoms with Gasteiger partial charge in [0.25, 0.3) is 11.8 Å². The van der Waals surface area contributed by atoms with Crippen LogP contribution in [0.1, 0.15) is 16.8 Å².